The van der Waals surface area contributed by atoms with Crippen molar-refractivity contribution < 1.29 is 14.3 Å². The summed E-state index contributed by atoms with van der Waals surface area (Å²) in [7, 11) is 1.36. The molecule has 0 bridgehead atoms. The molecule has 7 heteroatoms. The Kier molecular flexibility index (Phi) is 6.23. The summed E-state index contributed by atoms with van der Waals surface area (Å²) in [5.41, 5.74) is 1.99. The van der Waals surface area contributed by atoms with E-state index in [2.05, 4.69) is 4.90 Å². The van der Waals surface area contributed by atoms with E-state index < -0.39 is 5.97 Å². The third-order valence-electron chi connectivity index (χ3n) is 4.17. The van der Waals surface area contributed by atoms with Gasteiger partial charge in [0.15, 0.2) is 0 Å². The Morgan fingerprint density at radius 1 is 1.20 bits per heavy atom. The van der Waals surface area contributed by atoms with E-state index in [9.17, 15) is 4.79 Å². The third-order valence-corrected chi connectivity index (χ3v) is 5.66. The number of nitrogens with zero attached hydrogens (tertiary/aromatic N) is 1. The van der Waals surface area contributed by atoms with Gasteiger partial charge in [0.25, 0.3) is 0 Å². The minimum absolute atomic E-state index is 0.413. The van der Waals surface area contributed by atoms with Gasteiger partial charge in [-0.3, -0.25) is 4.90 Å². The van der Waals surface area contributed by atoms with Gasteiger partial charge in [0.2, 0.25) is 0 Å². The van der Waals surface area contributed by atoms with Crippen molar-refractivity contribution in [1.29, 1.82) is 0 Å². The zero-order chi connectivity index (χ0) is 17.8. The fourth-order valence-corrected chi connectivity index (χ4v) is 4.42. The number of esters is 1. The molecule has 4 nitrogen and oxygen atoms in total. The zero-order valence-electron chi connectivity index (χ0n) is 13.9. The molecule has 0 spiro atoms. The normalized spacial score (nSPS) is 14.7. The molecule has 0 unspecified atom stereocenters. The van der Waals surface area contributed by atoms with Crippen molar-refractivity contribution in [3.63, 3.8) is 0 Å². The molecule has 0 atom stereocenters. The van der Waals surface area contributed by atoms with Gasteiger partial charge in [0.1, 0.15) is 16.7 Å². The van der Waals surface area contributed by atoms with Crippen LogP contribution in [0.4, 0.5) is 0 Å². The van der Waals surface area contributed by atoms with E-state index in [4.69, 9.17) is 32.7 Å². The maximum atomic E-state index is 12.0. The minimum atomic E-state index is -0.413. The zero-order valence-corrected chi connectivity index (χ0v) is 16.2. The van der Waals surface area contributed by atoms with E-state index in [0.717, 1.165) is 30.8 Å². The first kappa shape index (κ1) is 18.5. The molecule has 2 heterocycles. The summed E-state index contributed by atoms with van der Waals surface area (Å²) in [4.78, 5) is 14.4. The molecule has 1 saturated heterocycles. The Bertz CT molecular complexity index is 757. The van der Waals surface area contributed by atoms with Gasteiger partial charge >= 0.3 is 5.97 Å². The molecule has 0 N–H and O–H groups in total. The number of hydrogen-bond donors (Lipinski definition) is 0. The Morgan fingerprint density at radius 3 is 2.60 bits per heavy atom. The topological polar surface area (TPSA) is 38.8 Å². The van der Waals surface area contributed by atoms with Gasteiger partial charge < -0.3 is 9.47 Å². The molecule has 0 saturated carbocycles. The molecule has 3 rings (SSSR count). The first-order valence-electron chi connectivity index (χ1n) is 8.10. The van der Waals surface area contributed by atoms with Crippen molar-refractivity contribution >= 4 is 40.5 Å². The van der Waals surface area contributed by atoms with Crippen LogP contribution in [0.1, 0.15) is 23.2 Å². The summed E-state index contributed by atoms with van der Waals surface area (Å²) < 4.78 is 11.9. The van der Waals surface area contributed by atoms with Gasteiger partial charge in [0, 0.05) is 12.1 Å². The number of likely N-dealkylation sites (tertiary alicyclic amines) is 1. The highest BCUT2D eigenvalue weighted by molar-refractivity contribution is 7.20. The number of ether oxygens (including phenoxy) is 2. The summed E-state index contributed by atoms with van der Waals surface area (Å²) in [5, 5.41) is 0. The van der Waals surface area contributed by atoms with E-state index in [1.807, 2.05) is 6.07 Å². The number of thiophene rings is 1. The van der Waals surface area contributed by atoms with Crippen LogP contribution in [-0.4, -0.2) is 44.2 Å². The van der Waals surface area contributed by atoms with Gasteiger partial charge in [-0.2, -0.15) is 0 Å². The molecule has 2 aromatic rings. The van der Waals surface area contributed by atoms with Gasteiger partial charge in [-0.1, -0.05) is 23.2 Å². The second kappa shape index (κ2) is 8.41. The molecule has 0 radical (unpaired) electrons. The highest BCUT2D eigenvalue weighted by atomic mass is 35.5. The highest BCUT2D eigenvalue weighted by Crippen LogP contribution is 2.39. The number of halogens is 2. The Balaban J connectivity index is 1.82. The first-order valence-corrected chi connectivity index (χ1v) is 9.68. The lowest BCUT2D eigenvalue weighted by molar-refractivity contribution is 0.0600. The van der Waals surface area contributed by atoms with Crippen molar-refractivity contribution in [3.8, 4) is 16.9 Å². The van der Waals surface area contributed by atoms with Crippen molar-refractivity contribution in [2.75, 3.05) is 33.4 Å². The summed E-state index contributed by atoms with van der Waals surface area (Å²) in [6.45, 7) is 3.70. The Hall–Kier alpha value is -1.27. The molecule has 0 amide bonds. The van der Waals surface area contributed by atoms with Crippen LogP contribution >= 0.6 is 34.5 Å². The van der Waals surface area contributed by atoms with E-state index >= 15 is 0 Å². The van der Waals surface area contributed by atoms with Gasteiger partial charge in [-0.05, 0) is 55.8 Å². The van der Waals surface area contributed by atoms with Crippen LogP contribution in [0.15, 0.2) is 24.3 Å². The van der Waals surface area contributed by atoms with Crippen LogP contribution in [0.2, 0.25) is 8.67 Å². The number of carbonyl (C=O) groups excluding carboxylic acids is 1. The molecule has 1 aromatic heterocycles. The number of hydrogen-bond acceptors (Lipinski definition) is 5. The monoisotopic (exact) mass is 399 g/mol. The lowest BCUT2D eigenvalue weighted by atomic mass is 10.1. The molecular formula is C18H19Cl2NO3S. The number of benzene rings is 1. The Labute approximate surface area is 161 Å². The summed E-state index contributed by atoms with van der Waals surface area (Å²) in [5.74, 6) is 0.208. The molecule has 134 valence electrons. The van der Waals surface area contributed by atoms with Crippen LogP contribution in [0, 0.1) is 0 Å². The minimum Gasteiger partial charge on any atom is -0.492 e. The van der Waals surface area contributed by atoms with Crippen LogP contribution in [-0.2, 0) is 4.74 Å². The maximum absolute atomic E-state index is 12.0. The molecule has 1 aliphatic rings. The van der Waals surface area contributed by atoms with Gasteiger partial charge in [-0.15, -0.1) is 11.3 Å². The van der Waals surface area contributed by atoms with Crippen LogP contribution < -0.4 is 4.74 Å². The standard InChI is InChI=1S/C18H19Cl2NO3S/c1-23-18(22)13-8-12(15-11-16(19)25-17(15)20)9-14(10-13)24-7-6-21-4-2-3-5-21/h8-11H,2-7H2,1H3. The lowest BCUT2D eigenvalue weighted by Gasteiger charge is -2.16. The van der Waals surface area contributed by atoms with Crippen LogP contribution in [0.3, 0.4) is 0 Å². The van der Waals surface area contributed by atoms with Gasteiger partial charge in [-0.25, -0.2) is 4.79 Å². The van der Waals surface area contributed by atoms with E-state index in [1.165, 1.54) is 31.3 Å². The van der Waals surface area contributed by atoms with E-state index in [1.54, 1.807) is 18.2 Å². The van der Waals surface area contributed by atoms with E-state index in [0.29, 0.717) is 26.6 Å². The van der Waals surface area contributed by atoms with Crippen LogP contribution in [0.5, 0.6) is 5.75 Å². The fraction of sp³-hybridized carbons (Fsp3) is 0.389. The second-order valence-corrected chi connectivity index (χ2v) is 8.16. The summed E-state index contributed by atoms with van der Waals surface area (Å²) >= 11 is 13.6. The lowest BCUT2D eigenvalue weighted by Crippen LogP contribution is -2.25. The average molecular weight is 400 g/mol. The third kappa shape index (κ3) is 4.67. The van der Waals surface area contributed by atoms with Crippen molar-refractivity contribution in [3.05, 3.63) is 38.5 Å². The summed E-state index contributed by atoms with van der Waals surface area (Å²) in [6.07, 6.45) is 2.50. The van der Waals surface area contributed by atoms with Crippen LogP contribution in [0.25, 0.3) is 11.1 Å². The second-order valence-electron chi connectivity index (χ2n) is 5.87. The average Bonchev–Trinajstić information content (AvgIpc) is 3.23. The van der Waals surface area contributed by atoms with Crippen molar-refractivity contribution in [1.82, 2.24) is 4.90 Å². The van der Waals surface area contributed by atoms with Crippen molar-refractivity contribution in [2.45, 2.75) is 12.8 Å². The maximum Gasteiger partial charge on any atom is 0.338 e. The predicted octanol–water partition coefficient (Wildman–Crippen LogP) is 4.98. The number of rotatable bonds is 6. The quantitative estimate of drug-likeness (QED) is 0.641. The summed E-state index contributed by atoms with van der Waals surface area (Å²) in [6, 6.07) is 7.10. The smallest absolute Gasteiger partial charge is 0.338 e. The molecule has 1 fully saturated rings. The largest absolute Gasteiger partial charge is 0.492 e. The van der Waals surface area contributed by atoms with Crippen molar-refractivity contribution in [2.24, 2.45) is 0 Å². The number of methoxy groups -OCH3 is 1. The van der Waals surface area contributed by atoms with Gasteiger partial charge in [0.05, 0.1) is 17.0 Å². The fourth-order valence-electron chi connectivity index (χ4n) is 2.91. The number of carbonyl (C=O) groups is 1. The molecular weight excluding hydrogens is 381 g/mol. The molecule has 1 aromatic carbocycles. The predicted molar refractivity (Wildman–Crippen MR) is 102 cm³/mol. The Morgan fingerprint density at radius 2 is 1.96 bits per heavy atom. The molecule has 0 aliphatic carbocycles. The van der Waals surface area contributed by atoms with E-state index in [-0.39, 0.29) is 0 Å². The molecule has 1 aliphatic heterocycles. The SMILES string of the molecule is COC(=O)c1cc(OCCN2CCCC2)cc(-c2cc(Cl)sc2Cl)c1. The molecule has 25 heavy (non-hydrogen) atoms. The first-order chi connectivity index (χ1) is 12.1. The highest BCUT2D eigenvalue weighted by Gasteiger charge is 2.15.